The molecule has 5 nitrogen and oxygen atoms in total. The highest BCUT2D eigenvalue weighted by Crippen LogP contribution is 2.16. The molecule has 0 bridgehead atoms. The van der Waals surface area contributed by atoms with Crippen molar-refractivity contribution < 1.29 is 19.7 Å². The molecule has 0 aliphatic carbocycles. The van der Waals surface area contributed by atoms with E-state index in [1.807, 2.05) is 0 Å². The summed E-state index contributed by atoms with van der Waals surface area (Å²) in [5.74, 6) is 0.718. The normalized spacial score (nSPS) is 13.3. The summed E-state index contributed by atoms with van der Waals surface area (Å²) >= 11 is 0. The number of hydrogen-bond acceptors (Lipinski definition) is 3. The van der Waals surface area contributed by atoms with Crippen molar-refractivity contribution in [3.63, 3.8) is 0 Å². The fraction of sp³-hybridized carbons (Fsp3) is 0.400. The number of nitrogens with zero attached hydrogens (tertiary/aromatic N) is 1. The molecule has 5 heteroatoms. The second kappa shape index (κ2) is 7.55. The molecule has 110 valence electrons. The van der Waals surface area contributed by atoms with Crippen molar-refractivity contribution >= 4 is 6.09 Å². The highest BCUT2D eigenvalue weighted by Gasteiger charge is 2.25. The third kappa shape index (κ3) is 4.28. The lowest BCUT2D eigenvalue weighted by Crippen LogP contribution is -2.44. The Bertz CT molecular complexity index is 444. The monoisotopic (exact) mass is 279 g/mol. The first-order valence-corrected chi connectivity index (χ1v) is 6.41. The summed E-state index contributed by atoms with van der Waals surface area (Å²) in [6, 6.07) is 6.66. The van der Waals surface area contributed by atoms with Gasteiger partial charge in [-0.3, -0.25) is 4.90 Å². The predicted molar refractivity (Wildman–Crippen MR) is 76.8 cm³/mol. The standard InChI is InChI=1S/C15H21NO4/c1-4-5-14(17)11(2)16(15(18)19)10-12-6-8-13(20-3)9-7-12/h4,6-9,11,14,17H,1,5,10H2,2-3H3,(H,18,19)/t11-,14-/m0/s1. The first-order chi connectivity index (χ1) is 9.49. The first kappa shape index (κ1) is 16.0. The fourth-order valence-electron chi connectivity index (χ4n) is 1.89. The van der Waals surface area contributed by atoms with Crippen molar-refractivity contribution in [2.75, 3.05) is 7.11 Å². The maximum absolute atomic E-state index is 11.3. The van der Waals surface area contributed by atoms with E-state index in [-0.39, 0.29) is 6.54 Å². The van der Waals surface area contributed by atoms with E-state index in [2.05, 4.69) is 6.58 Å². The van der Waals surface area contributed by atoms with Crippen LogP contribution in [0.25, 0.3) is 0 Å². The van der Waals surface area contributed by atoms with Crippen LogP contribution in [0.5, 0.6) is 5.75 Å². The second-order valence-electron chi connectivity index (χ2n) is 4.59. The minimum Gasteiger partial charge on any atom is -0.497 e. The molecule has 20 heavy (non-hydrogen) atoms. The van der Waals surface area contributed by atoms with Gasteiger partial charge in [0.1, 0.15) is 5.75 Å². The highest BCUT2D eigenvalue weighted by molar-refractivity contribution is 5.65. The fourth-order valence-corrected chi connectivity index (χ4v) is 1.89. The zero-order valence-electron chi connectivity index (χ0n) is 11.8. The average Bonchev–Trinajstić information content (AvgIpc) is 2.44. The van der Waals surface area contributed by atoms with E-state index in [9.17, 15) is 15.0 Å². The third-order valence-electron chi connectivity index (χ3n) is 3.21. The molecule has 1 aromatic rings. The molecule has 0 aliphatic heterocycles. The zero-order valence-corrected chi connectivity index (χ0v) is 11.8. The van der Waals surface area contributed by atoms with Gasteiger partial charge in [0.05, 0.1) is 19.3 Å². The van der Waals surface area contributed by atoms with Gasteiger partial charge in [-0.05, 0) is 31.0 Å². The van der Waals surface area contributed by atoms with Crippen LogP contribution >= 0.6 is 0 Å². The first-order valence-electron chi connectivity index (χ1n) is 6.41. The van der Waals surface area contributed by atoms with Gasteiger partial charge in [-0.2, -0.15) is 0 Å². The number of aliphatic hydroxyl groups excluding tert-OH is 1. The maximum atomic E-state index is 11.3. The van der Waals surface area contributed by atoms with E-state index >= 15 is 0 Å². The number of hydrogen-bond donors (Lipinski definition) is 2. The molecular formula is C15H21NO4. The van der Waals surface area contributed by atoms with Gasteiger partial charge in [0, 0.05) is 6.54 Å². The molecule has 0 saturated carbocycles. The van der Waals surface area contributed by atoms with Crippen LogP contribution in [0.2, 0.25) is 0 Å². The van der Waals surface area contributed by atoms with Gasteiger partial charge in [-0.25, -0.2) is 4.79 Å². The molecule has 0 aromatic heterocycles. The molecule has 0 aliphatic rings. The summed E-state index contributed by atoms with van der Waals surface area (Å²) in [4.78, 5) is 12.6. The van der Waals surface area contributed by atoms with Crippen molar-refractivity contribution in [1.82, 2.24) is 4.90 Å². The summed E-state index contributed by atoms with van der Waals surface area (Å²) in [7, 11) is 1.58. The molecule has 0 heterocycles. The Morgan fingerprint density at radius 1 is 1.45 bits per heavy atom. The Morgan fingerprint density at radius 3 is 2.50 bits per heavy atom. The van der Waals surface area contributed by atoms with Crippen LogP contribution in [0.1, 0.15) is 18.9 Å². The van der Waals surface area contributed by atoms with Crippen molar-refractivity contribution in [2.24, 2.45) is 0 Å². The van der Waals surface area contributed by atoms with Gasteiger partial charge < -0.3 is 14.9 Å². The van der Waals surface area contributed by atoms with E-state index in [0.717, 1.165) is 11.3 Å². The van der Waals surface area contributed by atoms with Gasteiger partial charge in [0.15, 0.2) is 0 Å². The van der Waals surface area contributed by atoms with Crippen LogP contribution in [0, 0.1) is 0 Å². The minimum absolute atomic E-state index is 0.217. The lowest BCUT2D eigenvalue weighted by Gasteiger charge is -2.29. The Kier molecular flexibility index (Phi) is 6.06. The van der Waals surface area contributed by atoms with Crippen LogP contribution in [0.4, 0.5) is 4.79 Å². The number of methoxy groups -OCH3 is 1. The summed E-state index contributed by atoms with van der Waals surface area (Å²) < 4.78 is 5.06. The van der Waals surface area contributed by atoms with Crippen LogP contribution in [-0.2, 0) is 6.54 Å². The van der Waals surface area contributed by atoms with Crippen LogP contribution in [-0.4, -0.2) is 40.5 Å². The molecule has 2 atom stereocenters. The number of carboxylic acid groups (broad SMARTS) is 1. The topological polar surface area (TPSA) is 70.0 Å². The van der Waals surface area contributed by atoms with Gasteiger partial charge in [0.25, 0.3) is 0 Å². The molecule has 0 fully saturated rings. The Balaban J connectivity index is 2.80. The van der Waals surface area contributed by atoms with Crippen molar-refractivity contribution in [3.8, 4) is 5.75 Å². The molecule has 1 rings (SSSR count). The third-order valence-corrected chi connectivity index (χ3v) is 3.21. The van der Waals surface area contributed by atoms with E-state index in [1.165, 1.54) is 4.90 Å². The molecule has 2 N–H and O–H groups in total. The molecule has 0 unspecified atom stereocenters. The van der Waals surface area contributed by atoms with Crippen LogP contribution in [0.3, 0.4) is 0 Å². The van der Waals surface area contributed by atoms with E-state index < -0.39 is 18.2 Å². The SMILES string of the molecule is C=CC[C@H](O)[C@H](C)N(Cc1ccc(OC)cc1)C(=O)O. The number of benzene rings is 1. The highest BCUT2D eigenvalue weighted by atomic mass is 16.5. The Morgan fingerprint density at radius 2 is 2.05 bits per heavy atom. The number of rotatable bonds is 7. The van der Waals surface area contributed by atoms with Crippen molar-refractivity contribution in [2.45, 2.75) is 32.0 Å². The van der Waals surface area contributed by atoms with Crippen molar-refractivity contribution in [1.29, 1.82) is 0 Å². The van der Waals surface area contributed by atoms with E-state index in [0.29, 0.717) is 6.42 Å². The smallest absolute Gasteiger partial charge is 0.407 e. The number of carbonyl (C=O) groups is 1. The molecule has 1 amide bonds. The lowest BCUT2D eigenvalue weighted by atomic mass is 10.1. The van der Waals surface area contributed by atoms with E-state index in [1.54, 1.807) is 44.4 Å². The largest absolute Gasteiger partial charge is 0.497 e. The summed E-state index contributed by atoms with van der Waals surface area (Å²) in [5.41, 5.74) is 0.839. The van der Waals surface area contributed by atoms with Gasteiger partial charge >= 0.3 is 6.09 Å². The Hall–Kier alpha value is -2.01. The van der Waals surface area contributed by atoms with Crippen LogP contribution < -0.4 is 4.74 Å². The molecule has 0 spiro atoms. The van der Waals surface area contributed by atoms with Crippen LogP contribution in [0.15, 0.2) is 36.9 Å². The molecule has 0 saturated heterocycles. The zero-order chi connectivity index (χ0) is 15.1. The maximum Gasteiger partial charge on any atom is 0.407 e. The van der Waals surface area contributed by atoms with E-state index in [4.69, 9.17) is 4.74 Å². The second-order valence-corrected chi connectivity index (χ2v) is 4.59. The lowest BCUT2D eigenvalue weighted by molar-refractivity contribution is 0.0538. The predicted octanol–water partition coefficient (Wildman–Crippen LogP) is 2.50. The number of ether oxygens (including phenoxy) is 1. The van der Waals surface area contributed by atoms with Gasteiger partial charge in [0.2, 0.25) is 0 Å². The molecular weight excluding hydrogens is 258 g/mol. The number of aliphatic hydroxyl groups is 1. The number of amides is 1. The minimum atomic E-state index is -1.06. The Labute approximate surface area is 119 Å². The van der Waals surface area contributed by atoms with Gasteiger partial charge in [-0.1, -0.05) is 18.2 Å². The average molecular weight is 279 g/mol. The summed E-state index contributed by atoms with van der Waals surface area (Å²) in [6.45, 7) is 5.45. The molecule has 0 radical (unpaired) electrons. The molecule has 1 aromatic carbocycles. The van der Waals surface area contributed by atoms with Gasteiger partial charge in [-0.15, -0.1) is 6.58 Å². The summed E-state index contributed by atoms with van der Waals surface area (Å²) in [5, 5.41) is 19.2. The van der Waals surface area contributed by atoms with Crippen molar-refractivity contribution in [3.05, 3.63) is 42.5 Å². The summed E-state index contributed by atoms with van der Waals surface area (Å²) in [6.07, 6.45) is 0.112. The quantitative estimate of drug-likeness (QED) is 0.752.